The third-order valence-corrected chi connectivity index (χ3v) is 5.29. The molecule has 0 aromatic heterocycles. The topological polar surface area (TPSA) is 29.5 Å². The molecule has 0 spiro atoms. The molecule has 0 fully saturated rings. The largest absolute Gasteiger partial charge is 0.494 e. The number of anilines is 1. The number of aryl methyl sites for hydroxylation is 1. The predicted octanol–water partition coefficient (Wildman–Crippen LogP) is 6.66. The summed E-state index contributed by atoms with van der Waals surface area (Å²) in [5, 5.41) is 0.614. The van der Waals surface area contributed by atoms with E-state index in [0.717, 1.165) is 16.9 Å². The van der Waals surface area contributed by atoms with Crippen LogP contribution in [0.15, 0.2) is 78.4 Å². The zero-order chi connectivity index (χ0) is 22.0. The van der Waals surface area contributed by atoms with Crippen LogP contribution in [-0.2, 0) is 4.79 Å². The molecular formula is C26H21ClFNO2. The lowest BCUT2D eigenvalue weighted by Gasteiger charge is -2.21. The van der Waals surface area contributed by atoms with Crippen molar-refractivity contribution >= 4 is 35.0 Å². The Balaban J connectivity index is 1.77. The van der Waals surface area contributed by atoms with Gasteiger partial charge in [-0.3, -0.25) is 9.69 Å². The molecule has 3 aromatic rings. The molecule has 1 heterocycles. The lowest BCUT2D eigenvalue weighted by molar-refractivity contribution is -0.113. The Labute approximate surface area is 186 Å². The van der Waals surface area contributed by atoms with Crippen molar-refractivity contribution in [2.75, 3.05) is 11.5 Å². The molecule has 1 aliphatic heterocycles. The van der Waals surface area contributed by atoms with E-state index >= 15 is 0 Å². The van der Waals surface area contributed by atoms with E-state index in [1.165, 1.54) is 6.07 Å². The third kappa shape index (κ3) is 4.39. The average molecular weight is 434 g/mol. The fourth-order valence-electron chi connectivity index (χ4n) is 3.48. The van der Waals surface area contributed by atoms with E-state index in [1.807, 2.05) is 55.5 Å². The van der Waals surface area contributed by atoms with Crippen LogP contribution in [-0.4, -0.2) is 12.5 Å². The van der Waals surface area contributed by atoms with Gasteiger partial charge in [0, 0.05) is 16.3 Å². The Morgan fingerprint density at radius 1 is 1.03 bits per heavy atom. The lowest BCUT2D eigenvalue weighted by Crippen LogP contribution is -2.25. The molecule has 0 atom stereocenters. The molecule has 3 aromatic carbocycles. The summed E-state index contributed by atoms with van der Waals surface area (Å²) in [5.41, 5.74) is 4.07. The Bertz CT molecular complexity index is 1180. The Hall–Kier alpha value is -3.37. The van der Waals surface area contributed by atoms with Crippen LogP contribution in [0.4, 0.5) is 10.1 Å². The third-order valence-electron chi connectivity index (χ3n) is 5.04. The number of ether oxygens (including phenoxy) is 1. The van der Waals surface area contributed by atoms with Crippen LogP contribution in [0.5, 0.6) is 5.75 Å². The Morgan fingerprint density at radius 2 is 1.74 bits per heavy atom. The minimum absolute atomic E-state index is 0.176. The number of amides is 1. The normalized spacial score (nSPS) is 14.8. The van der Waals surface area contributed by atoms with Crippen LogP contribution < -0.4 is 9.64 Å². The van der Waals surface area contributed by atoms with E-state index in [2.05, 4.69) is 0 Å². The molecule has 4 rings (SSSR count). The summed E-state index contributed by atoms with van der Waals surface area (Å²) in [6.07, 6.45) is 3.69. The van der Waals surface area contributed by atoms with E-state index in [1.54, 1.807) is 36.1 Å². The first-order valence-corrected chi connectivity index (χ1v) is 10.4. The first-order chi connectivity index (χ1) is 15.0. The van der Waals surface area contributed by atoms with E-state index in [9.17, 15) is 9.18 Å². The molecule has 0 saturated carbocycles. The number of rotatable bonds is 5. The highest BCUT2D eigenvalue weighted by atomic mass is 35.5. The molecule has 0 N–H and O–H groups in total. The second-order valence-corrected chi connectivity index (χ2v) is 7.65. The molecule has 156 valence electrons. The van der Waals surface area contributed by atoms with Crippen LogP contribution in [0.2, 0.25) is 5.02 Å². The average Bonchev–Trinajstić information content (AvgIpc) is 3.08. The highest BCUT2D eigenvalue weighted by Gasteiger charge is 2.30. The highest BCUT2D eigenvalue weighted by molar-refractivity contribution is 6.30. The van der Waals surface area contributed by atoms with Crippen LogP contribution >= 0.6 is 11.6 Å². The number of carbonyl (C=O) groups is 1. The molecule has 5 heteroatoms. The molecule has 31 heavy (non-hydrogen) atoms. The zero-order valence-electron chi connectivity index (χ0n) is 17.2. The Morgan fingerprint density at radius 3 is 2.39 bits per heavy atom. The van der Waals surface area contributed by atoms with Crippen molar-refractivity contribution in [1.82, 2.24) is 0 Å². The van der Waals surface area contributed by atoms with Gasteiger partial charge in [-0.15, -0.1) is 0 Å². The molecule has 0 aliphatic carbocycles. The minimum atomic E-state index is -0.308. The Kier molecular flexibility index (Phi) is 5.92. The van der Waals surface area contributed by atoms with Gasteiger partial charge in [0.05, 0.1) is 12.3 Å². The summed E-state index contributed by atoms with van der Waals surface area (Å²) in [4.78, 5) is 15.0. The fourth-order valence-corrected chi connectivity index (χ4v) is 3.61. The summed E-state index contributed by atoms with van der Waals surface area (Å²) in [6, 6.07) is 19.5. The molecular weight excluding hydrogens is 413 g/mol. The number of hydrogen-bond donors (Lipinski definition) is 0. The number of nitrogens with zero attached hydrogens (tertiary/aromatic N) is 1. The van der Waals surface area contributed by atoms with Crippen molar-refractivity contribution in [3.63, 3.8) is 0 Å². The predicted molar refractivity (Wildman–Crippen MR) is 124 cm³/mol. The number of carbonyl (C=O) groups excluding carboxylic acids is 1. The molecule has 0 saturated heterocycles. The molecule has 0 bridgehead atoms. The van der Waals surface area contributed by atoms with Crippen LogP contribution in [0, 0.1) is 12.7 Å². The quantitative estimate of drug-likeness (QED) is 0.421. The standard InChI is InChI=1S/C26H21ClFNO2/c1-3-31-23-11-4-18(5-12-23)15-20-16-25(19-6-8-21(27)9-7-19)29(26(20)30)22-10-13-24(28)17(2)14-22/h4-16H,3H2,1-2H3/b20-15+. The van der Waals surface area contributed by atoms with Crippen molar-refractivity contribution in [2.45, 2.75) is 13.8 Å². The summed E-state index contributed by atoms with van der Waals surface area (Å²) < 4.78 is 19.3. The van der Waals surface area contributed by atoms with E-state index in [-0.39, 0.29) is 11.7 Å². The maximum Gasteiger partial charge on any atom is 0.262 e. The molecule has 1 amide bonds. The van der Waals surface area contributed by atoms with E-state index in [4.69, 9.17) is 16.3 Å². The van der Waals surface area contributed by atoms with Gasteiger partial charge in [0.1, 0.15) is 11.6 Å². The van der Waals surface area contributed by atoms with Crippen LogP contribution in [0.3, 0.4) is 0 Å². The van der Waals surface area contributed by atoms with Crippen LogP contribution in [0.25, 0.3) is 11.8 Å². The monoisotopic (exact) mass is 433 g/mol. The first kappa shape index (κ1) is 20.9. The fraction of sp³-hybridized carbons (Fsp3) is 0.115. The van der Waals surface area contributed by atoms with Crippen molar-refractivity contribution in [3.05, 3.63) is 106 Å². The van der Waals surface area contributed by atoms with Gasteiger partial charge >= 0.3 is 0 Å². The van der Waals surface area contributed by atoms with Gasteiger partial charge in [-0.2, -0.15) is 0 Å². The highest BCUT2D eigenvalue weighted by Crippen LogP contribution is 2.36. The summed E-state index contributed by atoms with van der Waals surface area (Å²) in [5.74, 6) is 0.297. The summed E-state index contributed by atoms with van der Waals surface area (Å²) in [7, 11) is 0. The number of benzene rings is 3. The van der Waals surface area contributed by atoms with Crippen LogP contribution in [0.1, 0.15) is 23.6 Å². The summed E-state index contributed by atoms with van der Waals surface area (Å²) in [6.45, 7) is 4.21. The zero-order valence-corrected chi connectivity index (χ0v) is 18.0. The van der Waals surface area contributed by atoms with Gasteiger partial charge in [-0.1, -0.05) is 35.9 Å². The minimum Gasteiger partial charge on any atom is -0.494 e. The first-order valence-electron chi connectivity index (χ1n) is 9.99. The van der Waals surface area contributed by atoms with Crippen molar-refractivity contribution in [1.29, 1.82) is 0 Å². The maximum atomic E-state index is 13.8. The second kappa shape index (κ2) is 8.78. The molecule has 0 unspecified atom stereocenters. The van der Waals surface area contributed by atoms with Crippen molar-refractivity contribution in [2.24, 2.45) is 0 Å². The van der Waals surface area contributed by atoms with Crippen molar-refractivity contribution < 1.29 is 13.9 Å². The molecule has 1 aliphatic rings. The summed E-state index contributed by atoms with van der Waals surface area (Å²) >= 11 is 6.05. The smallest absolute Gasteiger partial charge is 0.262 e. The number of hydrogen-bond acceptors (Lipinski definition) is 2. The van der Waals surface area contributed by atoms with Crippen molar-refractivity contribution in [3.8, 4) is 5.75 Å². The SMILES string of the molecule is CCOc1ccc(/C=C2\C=C(c3ccc(Cl)cc3)N(c3ccc(F)c(C)c3)C2=O)cc1. The molecule has 3 nitrogen and oxygen atoms in total. The van der Waals surface area contributed by atoms with Gasteiger partial charge in [-0.05, 0) is 85.2 Å². The maximum absolute atomic E-state index is 13.8. The van der Waals surface area contributed by atoms with Gasteiger partial charge in [-0.25, -0.2) is 4.39 Å². The van der Waals surface area contributed by atoms with Gasteiger partial charge in [0.15, 0.2) is 0 Å². The molecule has 0 radical (unpaired) electrons. The van der Waals surface area contributed by atoms with Gasteiger partial charge < -0.3 is 4.74 Å². The number of halogens is 2. The second-order valence-electron chi connectivity index (χ2n) is 7.21. The van der Waals surface area contributed by atoms with E-state index in [0.29, 0.717) is 34.2 Å². The van der Waals surface area contributed by atoms with Gasteiger partial charge in [0.2, 0.25) is 0 Å². The van der Waals surface area contributed by atoms with E-state index < -0.39 is 0 Å². The van der Waals surface area contributed by atoms with Gasteiger partial charge in [0.25, 0.3) is 5.91 Å². The lowest BCUT2D eigenvalue weighted by atomic mass is 10.1.